The van der Waals surface area contributed by atoms with Crippen LogP contribution in [0.2, 0.25) is 0 Å². The monoisotopic (exact) mass is 321 g/mol. The Morgan fingerprint density at radius 1 is 1.22 bits per heavy atom. The summed E-state index contributed by atoms with van der Waals surface area (Å²) in [6.45, 7) is 0.898. The molecule has 0 spiro atoms. The quantitative estimate of drug-likeness (QED) is 0.934. The first kappa shape index (κ1) is 15.8. The standard InChI is InChI=1S/C16H17F2N3O2/c1-23-16-5-3-11(19-20-16)8-21-9-12(22)7-15(21)10-2-4-13(17)14(18)6-10/h2-6,12,15,22H,7-9H2,1H3/t12-,15-/m1/s1. The second-order valence-corrected chi connectivity index (χ2v) is 5.58. The van der Waals surface area contributed by atoms with Gasteiger partial charge in [0, 0.05) is 25.2 Å². The molecule has 2 heterocycles. The van der Waals surface area contributed by atoms with Crippen molar-refractivity contribution >= 4 is 0 Å². The molecule has 3 rings (SSSR count). The molecule has 2 aromatic rings. The van der Waals surface area contributed by atoms with E-state index in [1.54, 1.807) is 18.2 Å². The number of aliphatic hydroxyl groups excluding tert-OH is 1. The van der Waals surface area contributed by atoms with Crippen molar-refractivity contribution in [3.63, 3.8) is 0 Å². The largest absolute Gasteiger partial charge is 0.480 e. The first-order valence-electron chi connectivity index (χ1n) is 7.30. The maximum atomic E-state index is 13.5. The van der Waals surface area contributed by atoms with Crippen LogP contribution in [-0.4, -0.2) is 40.0 Å². The molecule has 122 valence electrons. The zero-order valence-corrected chi connectivity index (χ0v) is 12.6. The van der Waals surface area contributed by atoms with Crippen LogP contribution in [0.15, 0.2) is 30.3 Å². The fourth-order valence-electron chi connectivity index (χ4n) is 2.87. The minimum Gasteiger partial charge on any atom is -0.480 e. The van der Waals surface area contributed by atoms with E-state index in [0.29, 0.717) is 36.6 Å². The molecule has 1 aromatic carbocycles. The Morgan fingerprint density at radius 2 is 2.04 bits per heavy atom. The van der Waals surface area contributed by atoms with Crippen LogP contribution < -0.4 is 4.74 Å². The van der Waals surface area contributed by atoms with Gasteiger partial charge in [0.2, 0.25) is 5.88 Å². The van der Waals surface area contributed by atoms with Crippen LogP contribution in [0.1, 0.15) is 23.7 Å². The fraction of sp³-hybridized carbons (Fsp3) is 0.375. The van der Waals surface area contributed by atoms with Gasteiger partial charge >= 0.3 is 0 Å². The zero-order valence-electron chi connectivity index (χ0n) is 12.6. The zero-order chi connectivity index (χ0) is 16.4. The van der Waals surface area contributed by atoms with E-state index in [1.165, 1.54) is 13.2 Å². The number of halogens is 2. The summed E-state index contributed by atoms with van der Waals surface area (Å²) in [6.07, 6.45) is -0.0476. The summed E-state index contributed by atoms with van der Waals surface area (Å²) in [6, 6.07) is 7.16. The Morgan fingerprint density at radius 3 is 2.70 bits per heavy atom. The first-order valence-corrected chi connectivity index (χ1v) is 7.30. The summed E-state index contributed by atoms with van der Waals surface area (Å²) in [5, 5.41) is 17.9. The fourth-order valence-corrected chi connectivity index (χ4v) is 2.87. The van der Waals surface area contributed by atoms with E-state index in [1.807, 2.05) is 4.90 Å². The number of aromatic nitrogens is 2. The number of nitrogens with zero attached hydrogens (tertiary/aromatic N) is 3. The van der Waals surface area contributed by atoms with Crippen LogP contribution in [0.3, 0.4) is 0 Å². The summed E-state index contributed by atoms with van der Waals surface area (Å²) >= 11 is 0. The average molecular weight is 321 g/mol. The van der Waals surface area contributed by atoms with Crippen molar-refractivity contribution in [2.45, 2.75) is 25.1 Å². The highest BCUT2D eigenvalue weighted by atomic mass is 19.2. The highest BCUT2D eigenvalue weighted by Gasteiger charge is 2.32. The van der Waals surface area contributed by atoms with E-state index in [0.717, 1.165) is 6.07 Å². The van der Waals surface area contributed by atoms with Crippen LogP contribution >= 0.6 is 0 Å². The summed E-state index contributed by atoms with van der Waals surface area (Å²) in [5.41, 5.74) is 1.36. The van der Waals surface area contributed by atoms with E-state index in [-0.39, 0.29) is 6.04 Å². The molecule has 0 aliphatic carbocycles. The number of benzene rings is 1. The Bertz CT molecular complexity index is 682. The average Bonchev–Trinajstić information content (AvgIpc) is 2.91. The molecular formula is C16H17F2N3O2. The number of ether oxygens (including phenoxy) is 1. The maximum Gasteiger partial charge on any atom is 0.233 e. The van der Waals surface area contributed by atoms with Crippen molar-refractivity contribution in [2.24, 2.45) is 0 Å². The lowest BCUT2D eigenvalue weighted by molar-refractivity contribution is 0.172. The van der Waals surface area contributed by atoms with Gasteiger partial charge in [-0.15, -0.1) is 5.10 Å². The summed E-state index contributed by atoms with van der Waals surface area (Å²) in [5.74, 6) is -1.33. The summed E-state index contributed by atoms with van der Waals surface area (Å²) < 4.78 is 31.6. The van der Waals surface area contributed by atoms with Crippen molar-refractivity contribution in [1.82, 2.24) is 15.1 Å². The van der Waals surface area contributed by atoms with Crippen molar-refractivity contribution < 1.29 is 18.6 Å². The van der Waals surface area contributed by atoms with Crippen LogP contribution in [0.5, 0.6) is 5.88 Å². The SMILES string of the molecule is COc1ccc(CN2C[C@H](O)C[C@@H]2c2ccc(F)c(F)c2)nn1. The molecule has 1 fully saturated rings. The predicted molar refractivity (Wildman–Crippen MR) is 78.7 cm³/mol. The number of rotatable bonds is 4. The second kappa shape index (κ2) is 6.55. The number of likely N-dealkylation sites (tertiary alicyclic amines) is 1. The van der Waals surface area contributed by atoms with Crippen LogP contribution in [0.4, 0.5) is 8.78 Å². The number of methoxy groups -OCH3 is 1. The van der Waals surface area contributed by atoms with Crippen LogP contribution in [-0.2, 0) is 6.54 Å². The third-order valence-electron chi connectivity index (χ3n) is 3.98. The molecule has 1 N–H and O–H groups in total. The molecule has 5 nitrogen and oxygen atoms in total. The number of hydrogen-bond donors (Lipinski definition) is 1. The highest BCUT2D eigenvalue weighted by Crippen LogP contribution is 2.33. The molecule has 1 aliphatic heterocycles. The molecule has 0 amide bonds. The molecule has 7 heteroatoms. The van der Waals surface area contributed by atoms with Crippen LogP contribution in [0.25, 0.3) is 0 Å². The molecule has 1 saturated heterocycles. The molecule has 1 aromatic heterocycles. The molecule has 0 unspecified atom stereocenters. The van der Waals surface area contributed by atoms with Gasteiger partial charge in [0.25, 0.3) is 0 Å². The Labute approximate surface area is 132 Å². The molecular weight excluding hydrogens is 304 g/mol. The highest BCUT2D eigenvalue weighted by molar-refractivity contribution is 5.23. The normalized spacial score (nSPS) is 21.6. The van der Waals surface area contributed by atoms with E-state index in [2.05, 4.69) is 10.2 Å². The molecule has 0 radical (unpaired) electrons. The molecule has 0 bridgehead atoms. The lowest BCUT2D eigenvalue weighted by Gasteiger charge is -2.24. The predicted octanol–water partition coefficient (Wildman–Crippen LogP) is 2.07. The third kappa shape index (κ3) is 3.46. The Balaban J connectivity index is 1.79. The van der Waals surface area contributed by atoms with Gasteiger partial charge in [0.15, 0.2) is 11.6 Å². The third-order valence-corrected chi connectivity index (χ3v) is 3.98. The van der Waals surface area contributed by atoms with Gasteiger partial charge < -0.3 is 9.84 Å². The lowest BCUT2D eigenvalue weighted by Crippen LogP contribution is -2.25. The van der Waals surface area contributed by atoms with Gasteiger partial charge in [-0.2, -0.15) is 5.10 Å². The second-order valence-electron chi connectivity index (χ2n) is 5.58. The minimum atomic E-state index is -0.881. The number of hydrogen-bond acceptors (Lipinski definition) is 5. The van der Waals surface area contributed by atoms with Gasteiger partial charge in [0.05, 0.1) is 18.9 Å². The van der Waals surface area contributed by atoms with Gasteiger partial charge in [-0.05, 0) is 30.2 Å². The molecule has 23 heavy (non-hydrogen) atoms. The first-order chi connectivity index (χ1) is 11.1. The number of aliphatic hydroxyl groups is 1. The molecule has 1 aliphatic rings. The van der Waals surface area contributed by atoms with E-state index in [4.69, 9.17) is 4.74 Å². The van der Waals surface area contributed by atoms with Gasteiger partial charge in [-0.3, -0.25) is 4.90 Å². The van der Waals surface area contributed by atoms with Crippen LogP contribution in [0, 0.1) is 11.6 Å². The van der Waals surface area contributed by atoms with Gasteiger partial charge in [0.1, 0.15) is 0 Å². The topological polar surface area (TPSA) is 58.5 Å². The lowest BCUT2D eigenvalue weighted by atomic mass is 10.0. The Kier molecular flexibility index (Phi) is 4.49. The van der Waals surface area contributed by atoms with E-state index >= 15 is 0 Å². The van der Waals surface area contributed by atoms with Crippen molar-refractivity contribution in [3.8, 4) is 5.88 Å². The summed E-state index contributed by atoms with van der Waals surface area (Å²) in [4.78, 5) is 1.98. The van der Waals surface area contributed by atoms with Gasteiger partial charge in [-0.25, -0.2) is 8.78 Å². The van der Waals surface area contributed by atoms with E-state index in [9.17, 15) is 13.9 Å². The summed E-state index contributed by atoms with van der Waals surface area (Å²) in [7, 11) is 1.51. The molecule has 2 atom stereocenters. The Hall–Kier alpha value is -2.12. The molecule has 0 saturated carbocycles. The van der Waals surface area contributed by atoms with E-state index < -0.39 is 17.7 Å². The van der Waals surface area contributed by atoms with Crippen molar-refractivity contribution in [1.29, 1.82) is 0 Å². The van der Waals surface area contributed by atoms with Gasteiger partial charge in [-0.1, -0.05) is 6.07 Å². The van der Waals surface area contributed by atoms with Crippen molar-refractivity contribution in [2.75, 3.05) is 13.7 Å². The maximum absolute atomic E-state index is 13.5. The minimum absolute atomic E-state index is 0.191. The smallest absolute Gasteiger partial charge is 0.233 e. The number of β-amino-alcohol motifs (C(OH)–C–C–N with tert-alkyl or cyclic N) is 1. The van der Waals surface area contributed by atoms with Crippen molar-refractivity contribution in [3.05, 3.63) is 53.2 Å².